The molecule has 0 radical (unpaired) electrons. The first kappa shape index (κ1) is 13.8. The highest BCUT2D eigenvalue weighted by atomic mass is 19.3. The van der Waals surface area contributed by atoms with Crippen LogP contribution in [0.4, 0.5) is 14.6 Å². The van der Waals surface area contributed by atoms with Gasteiger partial charge in [0, 0.05) is 6.20 Å². The lowest BCUT2D eigenvalue weighted by molar-refractivity contribution is -0.259. The van der Waals surface area contributed by atoms with Gasteiger partial charge in [0.15, 0.2) is 0 Å². The number of ether oxygens (including phenoxy) is 1. The molecular weight excluding hydrogens is 264 g/mol. The van der Waals surface area contributed by atoms with Gasteiger partial charge in [-0.3, -0.25) is 4.57 Å². The highest BCUT2D eigenvalue weighted by Gasteiger charge is 2.51. The number of anilines is 1. The molecule has 2 heterocycles. The Morgan fingerprint density at radius 2 is 2.32 bits per heavy atom. The fourth-order valence-corrected chi connectivity index (χ4v) is 1.90. The first-order valence-corrected chi connectivity index (χ1v) is 5.52. The van der Waals surface area contributed by atoms with Crippen molar-refractivity contribution in [2.75, 3.05) is 12.3 Å². The molecule has 1 aromatic heterocycles. The second-order valence-corrected chi connectivity index (χ2v) is 4.26. The molecular formula is C10H13F2N3O4. The molecule has 1 aliphatic rings. The van der Waals surface area contributed by atoms with Crippen LogP contribution in [-0.4, -0.2) is 44.5 Å². The van der Waals surface area contributed by atoms with E-state index >= 15 is 0 Å². The van der Waals surface area contributed by atoms with Crippen LogP contribution in [0.3, 0.4) is 0 Å². The fraction of sp³-hybridized carbons (Fsp3) is 0.600. The molecule has 0 saturated carbocycles. The standard InChI is InChI=1S/C10H13F2N3O4/c11-10(12)3-7(19-5(4-16)8(10)17)15-2-1-6(13)14-9(15)18/h1-2,5,7-8,16-17H,3-4H2,(H2,13,14,18)/t5-,7+,8-/m1/s1. The molecule has 1 aliphatic heterocycles. The monoisotopic (exact) mass is 277 g/mol. The van der Waals surface area contributed by atoms with Crippen molar-refractivity contribution in [1.29, 1.82) is 0 Å². The molecule has 106 valence electrons. The molecule has 9 heteroatoms. The molecule has 0 bridgehead atoms. The zero-order valence-electron chi connectivity index (χ0n) is 9.74. The van der Waals surface area contributed by atoms with Gasteiger partial charge in [-0.25, -0.2) is 13.6 Å². The van der Waals surface area contributed by atoms with Gasteiger partial charge in [-0.05, 0) is 6.07 Å². The number of halogens is 2. The van der Waals surface area contributed by atoms with Crippen molar-refractivity contribution in [1.82, 2.24) is 9.55 Å². The van der Waals surface area contributed by atoms with Crippen LogP contribution in [0.25, 0.3) is 0 Å². The third-order valence-corrected chi connectivity index (χ3v) is 2.91. The lowest BCUT2D eigenvalue weighted by atomic mass is 10.00. The Kier molecular flexibility index (Phi) is 3.52. The second kappa shape index (κ2) is 4.83. The van der Waals surface area contributed by atoms with Crippen LogP contribution in [0.5, 0.6) is 0 Å². The van der Waals surface area contributed by atoms with Crippen molar-refractivity contribution >= 4 is 5.82 Å². The topological polar surface area (TPSA) is 111 Å². The molecule has 3 atom stereocenters. The van der Waals surface area contributed by atoms with Gasteiger partial charge < -0.3 is 20.7 Å². The average molecular weight is 277 g/mol. The minimum Gasteiger partial charge on any atom is -0.394 e. The minimum atomic E-state index is -3.48. The van der Waals surface area contributed by atoms with Crippen molar-refractivity contribution in [3.05, 3.63) is 22.7 Å². The molecule has 1 aromatic rings. The maximum absolute atomic E-state index is 13.6. The summed E-state index contributed by atoms with van der Waals surface area (Å²) in [6.07, 6.45) is -4.63. The maximum atomic E-state index is 13.6. The second-order valence-electron chi connectivity index (χ2n) is 4.26. The highest BCUT2D eigenvalue weighted by Crippen LogP contribution is 2.37. The third-order valence-electron chi connectivity index (χ3n) is 2.91. The molecule has 0 aromatic carbocycles. The summed E-state index contributed by atoms with van der Waals surface area (Å²) in [5.74, 6) is -3.51. The predicted octanol–water partition coefficient (Wildman–Crippen LogP) is -0.899. The Balaban J connectivity index is 2.33. The molecule has 7 nitrogen and oxygen atoms in total. The van der Waals surface area contributed by atoms with E-state index in [1.807, 2.05) is 0 Å². The largest absolute Gasteiger partial charge is 0.394 e. The van der Waals surface area contributed by atoms with E-state index in [0.717, 1.165) is 4.57 Å². The summed E-state index contributed by atoms with van der Waals surface area (Å²) in [6.45, 7) is -0.787. The number of hydrogen-bond acceptors (Lipinski definition) is 6. The van der Waals surface area contributed by atoms with E-state index in [1.165, 1.54) is 12.3 Å². The van der Waals surface area contributed by atoms with E-state index in [4.69, 9.17) is 15.6 Å². The van der Waals surface area contributed by atoms with Gasteiger partial charge in [0.25, 0.3) is 5.92 Å². The van der Waals surface area contributed by atoms with Crippen LogP contribution >= 0.6 is 0 Å². The quantitative estimate of drug-likeness (QED) is 0.646. The Bertz CT molecular complexity index is 522. The Hall–Kier alpha value is -1.58. The van der Waals surface area contributed by atoms with Crippen LogP contribution in [0.1, 0.15) is 12.6 Å². The number of aliphatic hydroxyl groups is 2. The van der Waals surface area contributed by atoms with E-state index in [-0.39, 0.29) is 5.82 Å². The smallest absolute Gasteiger partial charge is 0.351 e. The van der Waals surface area contributed by atoms with Crippen molar-refractivity contribution < 1.29 is 23.7 Å². The first-order chi connectivity index (χ1) is 8.85. The predicted molar refractivity (Wildman–Crippen MR) is 59.5 cm³/mol. The summed E-state index contributed by atoms with van der Waals surface area (Å²) in [6, 6.07) is 1.27. The molecule has 0 amide bonds. The molecule has 1 saturated heterocycles. The molecule has 0 aliphatic carbocycles. The molecule has 2 rings (SSSR count). The van der Waals surface area contributed by atoms with Gasteiger partial charge in [-0.15, -0.1) is 0 Å². The molecule has 0 unspecified atom stereocenters. The number of alkyl halides is 2. The minimum absolute atomic E-state index is 0.0393. The van der Waals surface area contributed by atoms with Crippen LogP contribution in [0, 0.1) is 0 Å². The van der Waals surface area contributed by atoms with Crippen LogP contribution in [0.15, 0.2) is 17.1 Å². The van der Waals surface area contributed by atoms with Crippen molar-refractivity contribution in [3.63, 3.8) is 0 Å². The number of hydrogen-bond donors (Lipinski definition) is 3. The van der Waals surface area contributed by atoms with E-state index in [1.54, 1.807) is 0 Å². The summed E-state index contributed by atoms with van der Waals surface area (Å²) < 4.78 is 33.1. The average Bonchev–Trinajstić information content (AvgIpc) is 2.32. The van der Waals surface area contributed by atoms with Crippen molar-refractivity contribution in [3.8, 4) is 0 Å². The zero-order valence-corrected chi connectivity index (χ0v) is 9.74. The summed E-state index contributed by atoms with van der Waals surface area (Å²) in [7, 11) is 0. The van der Waals surface area contributed by atoms with Gasteiger partial charge in [-0.2, -0.15) is 4.98 Å². The normalized spacial score (nSPS) is 30.2. The van der Waals surface area contributed by atoms with Crippen LogP contribution in [0.2, 0.25) is 0 Å². The lowest BCUT2D eigenvalue weighted by Gasteiger charge is -2.38. The molecule has 4 N–H and O–H groups in total. The van der Waals surface area contributed by atoms with Crippen molar-refractivity contribution in [2.45, 2.75) is 30.8 Å². The molecule has 19 heavy (non-hydrogen) atoms. The Labute approximate surface area is 106 Å². The lowest BCUT2D eigenvalue weighted by Crippen LogP contribution is -2.53. The summed E-state index contributed by atoms with van der Waals surface area (Å²) in [5, 5.41) is 18.2. The Morgan fingerprint density at radius 3 is 2.89 bits per heavy atom. The number of nitrogen functional groups attached to an aromatic ring is 1. The van der Waals surface area contributed by atoms with Crippen LogP contribution in [-0.2, 0) is 4.74 Å². The highest BCUT2D eigenvalue weighted by molar-refractivity contribution is 5.23. The maximum Gasteiger partial charge on any atom is 0.351 e. The molecule has 0 spiro atoms. The fourth-order valence-electron chi connectivity index (χ4n) is 1.90. The van der Waals surface area contributed by atoms with Gasteiger partial charge >= 0.3 is 5.69 Å². The number of aromatic nitrogens is 2. The van der Waals surface area contributed by atoms with E-state index in [2.05, 4.69) is 4.98 Å². The Morgan fingerprint density at radius 1 is 1.63 bits per heavy atom. The summed E-state index contributed by atoms with van der Waals surface area (Å²) in [4.78, 5) is 15.0. The summed E-state index contributed by atoms with van der Waals surface area (Å²) in [5.41, 5.74) is 4.45. The van der Waals surface area contributed by atoms with Gasteiger partial charge in [-0.1, -0.05) is 0 Å². The van der Waals surface area contributed by atoms with Crippen molar-refractivity contribution in [2.24, 2.45) is 0 Å². The summed E-state index contributed by atoms with van der Waals surface area (Å²) >= 11 is 0. The first-order valence-electron chi connectivity index (χ1n) is 5.52. The number of nitrogens with two attached hydrogens (primary N) is 1. The number of rotatable bonds is 2. The van der Waals surface area contributed by atoms with E-state index in [0.29, 0.717) is 0 Å². The van der Waals surface area contributed by atoms with E-state index in [9.17, 15) is 18.7 Å². The number of nitrogens with zero attached hydrogens (tertiary/aromatic N) is 2. The van der Waals surface area contributed by atoms with Gasteiger partial charge in [0.1, 0.15) is 24.3 Å². The SMILES string of the molecule is Nc1ccn([C@@H]2CC(F)(F)[C@H](O)[C@@H](CO)O2)c(=O)n1. The third kappa shape index (κ3) is 2.57. The zero-order chi connectivity index (χ0) is 14.2. The van der Waals surface area contributed by atoms with Gasteiger partial charge in [0.05, 0.1) is 13.0 Å². The molecule has 1 fully saturated rings. The number of aliphatic hydroxyl groups excluding tert-OH is 2. The van der Waals surface area contributed by atoms with Crippen LogP contribution < -0.4 is 11.4 Å². The van der Waals surface area contributed by atoms with Gasteiger partial charge in [0.2, 0.25) is 0 Å². The van der Waals surface area contributed by atoms with E-state index < -0.39 is 43.1 Å².